The van der Waals surface area contributed by atoms with Gasteiger partial charge in [0.15, 0.2) is 0 Å². The Morgan fingerprint density at radius 1 is 1.29 bits per heavy atom. The van der Waals surface area contributed by atoms with Crippen molar-refractivity contribution in [2.75, 3.05) is 24.5 Å². The lowest BCUT2D eigenvalue weighted by Crippen LogP contribution is -2.56. The van der Waals surface area contributed by atoms with Crippen molar-refractivity contribution >= 4 is 29.9 Å². The number of halogens is 1. The van der Waals surface area contributed by atoms with Crippen LogP contribution in [0.5, 0.6) is 0 Å². The van der Waals surface area contributed by atoms with E-state index in [0.717, 1.165) is 24.1 Å². The summed E-state index contributed by atoms with van der Waals surface area (Å²) < 4.78 is 0. The van der Waals surface area contributed by atoms with Gasteiger partial charge in [0.25, 0.3) is 0 Å². The number of hydrogen-bond donors (Lipinski definition) is 1. The number of para-hydroxylation sites is 1. The number of fused-ring (bicyclic) bond motifs is 1. The molecule has 0 aliphatic carbocycles. The number of carbonyl (C=O) groups is 2. The summed E-state index contributed by atoms with van der Waals surface area (Å²) in [5, 5.41) is 0. The van der Waals surface area contributed by atoms with E-state index in [1.165, 1.54) is 0 Å². The molecule has 5 nitrogen and oxygen atoms in total. The zero-order chi connectivity index (χ0) is 16.6. The number of anilines is 1. The minimum absolute atomic E-state index is 0. The molecule has 6 heteroatoms. The van der Waals surface area contributed by atoms with Gasteiger partial charge in [-0.25, -0.2) is 0 Å². The fourth-order valence-electron chi connectivity index (χ4n) is 3.49. The van der Waals surface area contributed by atoms with E-state index in [4.69, 9.17) is 5.73 Å². The maximum absolute atomic E-state index is 12.7. The molecular formula is C18H26ClN3O2. The number of piperidine rings is 1. The number of carbonyl (C=O) groups excluding carboxylic acids is 2. The summed E-state index contributed by atoms with van der Waals surface area (Å²) >= 11 is 0. The van der Waals surface area contributed by atoms with Gasteiger partial charge in [-0.1, -0.05) is 32.0 Å². The van der Waals surface area contributed by atoms with Crippen LogP contribution in [0.4, 0.5) is 5.69 Å². The Balaban J connectivity index is 0.00000208. The van der Waals surface area contributed by atoms with E-state index < -0.39 is 0 Å². The molecular weight excluding hydrogens is 326 g/mol. The van der Waals surface area contributed by atoms with E-state index in [-0.39, 0.29) is 42.2 Å². The second-order valence-corrected chi connectivity index (χ2v) is 7.31. The van der Waals surface area contributed by atoms with E-state index in [0.29, 0.717) is 19.5 Å². The maximum Gasteiger partial charge on any atom is 0.242 e. The molecule has 1 fully saturated rings. The molecule has 1 saturated heterocycles. The largest absolute Gasteiger partial charge is 0.340 e. The maximum atomic E-state index is 12.7. The lowest BCUT2D eigenvalue weighted by molar-refractivity contribution is -0.134. The van der Waals surface area contributed by atoms with E-state index in [2.05, 4.69) is 13.8 Å². The van der Waals surface area contributed by atoms with E-state index in [1.54, 1.807) is 4.90 Å². The molecule has 2 N–H and O–H groups in total. The molecule has 132 valence electrons. The lowest BCUT2D eigenvalue weighted by atomic mass is 9.79. The third-order valence-corrected chi connectivity index (χ3v) is 5.15. The Kier molecular flexibility index (Phi) is 5.56. The summed E-state index contributed by atoms with van der Waals surface area (Å²) in [6.45, 7) is 5.64. The molecule has 2 aliphatic heterocycles. The first-order valence-corrected chi connectivity index (χ1v) is 8.30. The van der Waals surface area contributed by atoms with E-state index in [9.17, 15) is 9.59 Å². The molecule has 3 rings (SSSR count). The number of nitrogens with two attached hydrogens (primary N) is 1. The molecule has 1 aromatic carbocycles. The van der Waals surface area contributed by atoms with Gasteiger partial charge in [0.1, 0.15) is 6.54 Å². The van der Waals surface area contributed by atoms with Crippen LogP contribution < -0.4 is 10.6 Å². The van der Waals surface area contributed by atoms with Crippen molar-refractivity contribution in [1.82, 2.24) is 4.90 Å². The molecule has 1 aromatic rings. The lowest BCUT2D eigenvalue weighted by Gasteiger charge is -2.43. The van der Waals surface area contributed by atoms with Gasteiger partial charge in [-0.3, -0.25) is 9.59 Å². The molecule has 2 amide bonds. The normalized spacial score (nSPS) is 22.6. The van der Waals surface area contributed by atoms with Crippen molar-refractivity contribution in [2.24, 2.45) is 11.1 Å². The molecule has 1 unspecified atom stereocenters. The molecule has 0 aromatic heterocycles. The zero-order valence-corrected chi connectivity index (χ0v) is 15.1. The van der Waals surface area contributed by atoms with Crippen molar-refractivity contribution in [3.8, 4) is 0 Å². The molecule has 0 saturated carbocycles. The topological polar surface area (TPSA) is 66.6 Å². The summed E-state index contributed by atoms with van der Waals surface area (Å²) in [6.07, 6.45) is 2.04. The van der Waals surface area contributed by atoms with Crippen LogP contribution in [0.2, 0.25) is 0 Å². The minimum atomic E-state index is -0.0856. The van der Waals surface area contributed by atoms with E-state index in [1.807, 2.05) is 29.2 Å². The number of rotatable bonds is 2. The Morgan fingerprint density at radius 2 is 2.00 bits per heavy atom. The first-order valence-electron chi connectivity index (χ1n) is 8.30. The second-order valence-electron chi connectivity index (χ2n) is 7.31. The van der Waals surface area contributed by atoms with E-state index >= 15 is 0 Å². The van der Waals surface area contributed by atoms with Crippen LogP contribution >= 0.6 is 12.4 Å². The highest BCUT2D eigenvalue weighted by Gasteiger charge is 2.36. The Bertz CT molecular complexity index is 632. The van der Waals surface area contributed by atoms with Crippen LogP contribution in [0.25, 0.3) is 0 Å². The van der Waals surface area contributed by atoms with Crippen LogP contribution in [-0.4, -0.2) is 42.4 Å². The quantitative estimate of drug-likeness (QED) is 0.885. The molecule has 24 heavy (non-hydrogen) atoms. The number of nitrogens with zero attached hydrogens (tertiary/aromatic N) is 2. The standard InChI is InChI=1S/C18H25N3O2.ClH/c1-18(2)12-20(10-9-15(18)19)17(23)11-21-14-6-4-3-5-13(14)7-8-16(21)22;/h3-6,15H,7-12,19H2,1-2H3;1H. The summed E-state index contributed by atoms with van der Waals surface area (Å²) in [4.78, 5) is 28.5. The van der Waals surface area contributed by atoms with Crippen molar-refractivity contribution in [1.29, 1.82) is 0 Å². The monoisotopic (exact) mass is 351 g/mol. The highest BCUT2D eigenvalue weighted by molar-refractivity contribution is 6.01. The zero-order valence-electron chi connectivity index (χ0n) is 14.3. The van der Waals surface area contributed by atoms with Crippen LogP contribution in [0.1, 0.15) is 32.3 Å². The second kappa shape index (κ2) is 7.11. The third kappa shape index (κ3) is 3.57. The van der Waals surface area contributed by atoms with Gasteiger partial charge in [-0.2, -0.15) is 0 Å². The average molecular weight is 352 g/mol. The highest BCUT2D eigenvalue weighted by Crippen LogP contribution is 2.30. The molecule has 2 heterocycles. The van der Waals surface area contributed by atoms with Gasteiger partial charge in [0, 0.05) is 31.2 Å². The third-order valence-electron chi connectivity index (χ3n) is 5.15. The fraction of sp³-hybridized carbons (Fsp3) is 0.556. The van der Waals surface area contributed by atoms with Gasteiger partial charge >= 0.3 is 0 Å². The molecule has 1 atom stereocenters. The minimum Gasteiger partial charge on any atom is -0.340 e. The number of benzene rings is 1. The van der Waals surface area contributed by atoms with Gasteiger partial charge in [-0.05, 0) is 29.9 Å². The first kappa shape index (κ1) is 18.7. The van der Waals surface area contributed by atoms with Crippen molar-refractivity contribution in [2.45, 2.75) is 39.2 Å². The van der Waals surface area contributed by atoms with Crippen LogP contribution in [0.15, 0.2) is 24.3 Å². The van der Waals surface area contributed by atoms with Crippen LogP contribution in [-0.2, 0) is 16.0 Å². The van der Waals surface area contributed by atoms with Crippen LogP contribution in [0.3, 0.4) is 0 Å². The predicted octanol–water partition coefficient (Wildman–Crippen LogP) is 1.97. The SMILES string of the molecule is CC1(C)CN(C(=O)CN2C(=O)CCc3ccccc32)CCC1N.Cl. The van der Waals surface area contributed by atoms with Gasteiger partial charge in [-0.15, -0.1) is 12.4 Å². The number of hydrogen-bond acceptors (Lipinski definition) is 3. The number of likely N-dealkylation sites (tertiary alicyclic amines) is 1. The Hall–Kier alpha value is -1.59. The van der Waals surface area contributed by atoms with Gasteiger partial charge in [0.05, 0.1) is 0 Å². The molecule has 2 aliphatic rings. The summed E-state index contributed by atoms with van der Waals surface area (Å²) in [6, 6.07) is 7.96. The molecule has 0 spiro atoms. The summed E-state index contributed by atoms with van der Waals surface area (Å²) in [5.41, 5.74) is 8.08. The average Bonchev–Trinajstić information content (AvgIpc) is 2.52. The molecule has 0 radical (unpaired) electrons. The smallest absolute Gasteiger partial charge is 0.242 e. The first-order chi connectivity index (χ1) is 10.9. The van der Waals surface area contributed by atoms with Crippen molar-refractivity contribution < 1.29 is 9.59 Å². The number of aryl methyl sites for hydroxylation is 1. The Morgan fingerprint density at radius 3 is 2.71 bits per heavy atom. The predicted molar refractivity (Wildman–Crippen MR) is 97.3 cm³/mol. The summed E-state index contributed by atoms with van der Waals surface area (Å²) in [7, 11) is 0. The van der Waals surface area contributed by atoms with Crippen LogP contribution in [0, 0.1) is 5.41 Å². The van der Waals surface area contributed by atoms with Crippen molar-refractivity contribution in [3.63, 3.8) is 0 Å². The highest BCUT2D eigenvalue weighted by atomic mass is 35.5. The number of amides is 2. The van der Waals surface area contributed by atoms with Crippen molar-refractivity contribution in [3.05, 3.63) is 29.8 Å². The molecule has 0 bridgehead atoms. The van der Waals surface area contributed by atoms with Gasteiger partial charge in [0.2, 0.25) is 11.8 Å². The summed E-state index contributed by atoms with van der Waals surface area (Å²) in [5.74, 6) is 0.0417. The fourth-order valence-corrected chi connectivity index (χ4v) is 3.49. The van der Waals surface area contributed by atoms with Gasteiger partial charge < -0.3 is 15.5 Å². The Labute approximate surface area is 149 Å².